The van der Waals surface area contributed by atoms with Crippen LogP contribution in [0.25, 0.3) is 0 Å². The standard InChI is InChI=1S/C15H8F15NO5/c16-11(17,18)32-6-4(5(31)3-1-2-3)7(33-12(19,20)21)9(35-14(25,26)27)10(36-15(28,29)30)8(6)34-13(22,23)24/h3,5H,1-2,31H2. The van der Waals surface area contributed by atoms with Crippen molar-refractivity contribution in [3.63, 3.8) is 0 Å². The summed E-state index contributed by atoms with van der Waals surface area (Å²) in [6, 6.07) is -2.31. The van der Waals surface area contributed by atoms with Gasteiger partial charge >= 0.3 is 31.8 Å². The molecule has 0 heterocycles. The number of benzene rings is 1. The minimum Gasteiger partial charge on any atom is -0.401 e. The SMILES string of the molecule is NC(c1c(OC(F)(F)F)c(OC(F)(F)F)c(OC(F)(F)F)c(OC(F)(F)F)c1OC(F)(F)F)C1CC1. The second kappa shape index (κ2) is 9.21. The van der Waals surface area contributed by atoms with Crippen LogP contribution in [0.15, 0.2) is 0 Å². The first-order chi connectivity index (χ1) is 15.9. The van der Waals surface area contributed by atoms with E-state index in [0.717, 1.165) is 0 Å². The van der Waals surface area contributed by atoms with Crippen molar-refractivity contribution in [2.45, 2.75) is 50.7 Å². The minimum absolute atomic E-state index is 0.121. The van der Waals surface area contributed by atoms with Crippen LogP contribution >= 0.6 is 0 Å². The topological polar surface area (TPSA) is 72.2 Å². The fourth-order valence-corrected chi connectivity index (χ4v) is 2.71. The third kappa shape index (κ3) is 8.66. The summed E-state index contributed by atoms with van der Waals surface area (Å²) in [4.78, 5) is 0. The molecule has 1 aliphatic carbocycles. The Morgan fingerprint density at radius 2 is 0.694 bits per heavy atom. The largest absolute Gasteiger partial charge is 0.573 e. The Morgan fingerprint density at radius 3 is 0.917 bits per heavy atom. The van der Waals surface area contributed by atoms with Crippen LogP contribution in [0.4, 0.5) is 65.9 Å². The first kappa shape index (κ1) is 29.4. The third-order valence-electron chi connectivity index (χ3n) is 3.87. The van der Waals surface area contributed by atoms with Gasteiger partial charge in [-0.15, -0.1) is 65.9 Å². The van der Waals surface area contributed by atoms with Crippen LogP contribution < -0.4 is 29.4 Å². The molecule has 208 valence electrons. The van der Waals surface area contributed by atoms with Crippen LogP contribution in [0.2, 0.25) is 0 Å². The number of nitrogens with two attached hydrogens (primary N) is 1. The highest BCUT2D eigenvalue weighted by atomic mass is 19.4. The van der Waals surface area contributed by atoms with Crippen LogP contribution in [0.3, 0.4) is 0 Å². The Labute approximate surface area is 187 Å². The number of hydrogen-bond acceptors (Lipinski definition) is 6. The highest BCUT2D eigenvalue weighted by Crippen LogP contribution is 2.61. The van der Waals surface area contributed by atoms with E-state index in [1.165, 1.54) is 0 Å². The molecule has 0 bridgehead atoms. The van der Waals surface area contributed by atoms with Crippen LogP contribution in [0, 0.1) is 5.92 Å². The van der Waals surface area contributed by atoms with Gasteiger partial charge in [-0.05, 0) is 18.8 Å². The van der Waals surface area contributed by atoms with E-state index in [9.17, 15) is 65.9 Å². The van der Waals surface area contributed by atoms with Crippen molar-refractivity contribution in [3.8, 4) is 28.7 Å². The Kier molecular flexibility index (Phi) is 7.52. The molecule has 1 fully saturated rings. The van der Waals surface area contributed by atoms with Crippen LogP contribution in [-0.2, 0) is 0 Å². The van der Waals surface area contributed by atoms with E-state index >= 15 is 0 Å². The second-order valence-electron chi connectivity index (χ2n) is 6.66. The molecule has 1 aromatic rings. The normalized spacial score (nSPS) is 16.4. The molecular weight excluding hydrogens is 559 g/mol. The summed E-state index contributed by atoms with van der Waals surface area (Å²) in [6.45, 7) is 0. The van der Waals surface area contributed by atoms with E-state index in [1.807, 2.05) is 0 Å². The van der Waals surface area contributed by atoms with Crippen molar-refractivity contribution >= 4 is 0 Å². The maximum atomic E-state index is 13.0. The molecule has 1 aromatic carbocycles. The molecule has 0 saturated heterocycles. The van der Waals surface area contributed by atoms with Gasteiger partial charge in [0, 0.05) is 6.04 Å². The fourth-order valence-electron chi connectivity index (χ4n) is 2.71. The lowest BCUT2D eigenvalue weighted by molar-refractivity contribution is -0.300. The summed E-state index contributed by atoms with van der Waals surface area (Å²) >= 11 is 0. The quantitative estimate of drug-likeness (QED) is 0.375. The van der Waals surface area contributed by atoms with Gasteiger partial charge in [-0.25, -0.2) is 0 Å². The van der Waals surface area contributed by atoms with E-state index in [-0.39, 0.29) is 12.8 Å². The van der Waals surface area contributed by atoms with Crippen molar-refractivity contribution in [1.82, 2.24) is 0 Å². The Bertz CT molecular complexity index is 887. The lowest BCUT2D eigenvalue weighted by atomic mass is 9.99. The van der Waals surface area contributed by atoms with Gasteiger partial charge in [-0.1, -0.05) is 0 Å². The highest BCUT2D eigenvalue weighted by molar-refractivity contribution is 5.71. The number of alkyl halides is 15. The molecule has 0 radical (unpaired) electrons. The predicted molar refractivity (Wildman–Crippen MR) is 79.5 cm³/mol. The molecule has 1 atom stereocenters. The zero-order chi connectivity index (χ0) is 28.1. The molecule has 6 nitrogen and oxygen atoms in total. The van der Waals surface area contributed by atoms with Crippen LogP contribution in [0.1, 0.15) is 24.4 Å². The summed E-state index contributed by atoms with van der Waals surface area (Å²) < 4.78 is 209. The maximum Gasteiger partial charge on any atom is 0.573 e. The van der Waals surface area contributed by atoms with E-state index < -0.39 is 78.1 Å². The number of hydrogen-bond donors (Lipinski definition) is 1. The van der Waals surface area contributed by atoms with Crippen LogP contribution in [0.5, 0.6) is 28.7 Å². The molecule has 36 heavy (non-hydrogen) atoms. The molecule has 0 amide bonds. The van der Waals surface area contributed by atoms with Crippen molar-refractivity contribution in [2.75, 3.05) is 0 Å². The molecule has 1 aliphatic rings. The fraction of sp³-hybridized carbons (Fsp3) is 0.600. The summed E-state index contributed by atoms with van der Waals surface area (Å²) in [7, 11) is 0. The van der Waals surface area contributed by atoms with Crippen molar-refractivity contribution in [3.05, 3.63) is 5.56 Å². The number of halogens is 15. The first-order valence-corrected chi connectivity index (χ1v) is 8.65. The Hall–Kier alpha value is -2.87. The molecule has 1 saturated carbocycles. The van der Waals surface area contributed by atoms with Crippen LogP contribution in [-0.4, -0.2) is 31.8 Å². The highest BCUT2D eigenvalue weighted by Gasteiger charge is 2.51. The molecular formula is C15H8F15NO5. The summed E-state index contributed by atoms with van der Waals surface area (Å²) in [5.41, 5.74) is 3.42. The minimum atomic E-state index is -6.33. The van der Waals surface area contributed by atoms with Gasteiger partial charge in [0.25, 0.3) is 0 Å². The Balaban J connectivity index is 3.14. The predicted octanol–water partition coefficient (Wildman–Crippen LogP) is 6.59. The maximum absolute atomic E-state index is 13.0. The summed E-state index contributed by atoms with van der Waals surface area (Å²) in [5.74, 6) is -15.4. The lowest BCUT2D eigenvalue weighted by Gasteiger charge is -2.28. The lowest BCUT2D eigenvalue weighted by Crippen LogP contribution is -2.29. The van der Waals surface area contributed by atoms with Gasteiger partial charge in [0.1, 0.15) is 0 Å². The van der Waals surface area contributed by atoms with Gasteiger partial charge < -0.3 is 29.4 Å². The third-order valence-corrected chi connectivity index (χ3v) is 3.87. The molecule has 1 unspecified atom stereocenters. The molecule has 2 rings (SSSR count). The van der Waals surface area contributed by atoms with Crippen molar-refractivity contribution in [1.29, 1.82) is 0 Å². The van der Waals surface area contributed by atoms with Gasteiger partial charge in [0.05, 0.1) is 5.56 Å². The molecule has 0 aliphatic heterocycles. The number of ether oxygens (including phenoxy) is 5. The second-order valence-corrected chi connectivity index (χ2v) is 6.66. The molecule has 2 N–H and O–H groups in total. The first-order valence-electron chi connectivity index (χ1n) is 8.65. The van der Waals surface area contributed by atoms with Gasteiger partial charge in [0.2, 0.25) is 17.2 Å². The Morgan fingerprint density at radius 1 is 0.472 bits per heavy atom. The van der Waals surface area contributed by atoms with Gasteiger partial charge in [-0.3, -0.25) is 0 Å². The average molecular weight is 567 g/mol. The van der Waals surface area contributed by atoms with E-state index in [1.54, 1.807) is 0 Å². The van der Waals surface area contributed by atoms with Crippen molar-refractivity contribution < 1.29 is 89.5 Å². The monoisotopic (exact) mass is 567 g/mol. The molecule has 0 aromatic heterocycles. The zero-order valence-corrected chi connectivity index (χ0v) is 16.4. The van der Waals surface area contributed by atoms with E-state index in [4.69, 9.17) is 5.73 Å². The smallest absolute Gasteiger partial charge is 0.401 e. The van der Waals surface area contributed by atoms with Gasteiger partial charge in [-0.2, -0.15) is 0 Å². The molecule has 21 heteroatoms. The van der Waals surface area contributed by atoms with E-state index in [2.05, 4.69) is 23.7 Å². The summed E-state index contributed by atoms with van der Waals surface area (Å²) in [6.07, 6.45) is -31.4. The molecule has 0 spiro atoms. The zero-order valence-electron chi connectivity index (χ0n) is 16.4. The van der Waals surface area contributed by atoms with E-state index in [0.29, 0.717) is 0 Å². The van der Waals surface area contributed by atoms with Crippen molar-refractivity contribution in [2.24, 2.45) is 11.7 Å². The summed E-state index contributed by atoms with van der Waals surface area (Å²) in [5, 5.41) is 0. The van der Waals surface area contributed by atoms with Gasteiger partial charge in [0.15, 0.2) is 11.5 Å². The average Bonchev–Trinajstić information content (AvgIpc) is 3.40. The number of rotatable bonds is 7.